The minimum absolute atomic E-state index is 0. The Morgan fingerprint density at radius 1 is 1.23 bits per heavy atom. The second-order valence-electron chi connectivity index (χ2n) is 3.70. The van der Waals surface area contributed by atoms with Gasteiger partial charge in [-0.25, -0.2) is 0 Å². The summed E-state index contributed by atoms with van der Waals surface area (Å²) in [5.41, 5.74) is 1.53. The van der Waals surface area contributed by atoms with E-state index in [1.165, 1.54) is 5.70 Å². The summed E-state index contributed by atoms with van der Waals surface area (Å²) in [5, 5.41) is 3.42. The SMILES string of the molecule is CC(C)(C)NC1=CC=CC1.[Cl-].[Cl-].[Ti+2]. The number of rotatable bonds is 1. The quantitative estimate of drug-likeness (QED) is 0.475. The third kappa shape index (κ3) is 8.89. The van der Waals surface area contributed by atoms with Crippen LogP contribution in [0.1, 0.15) is 27.2 Å². The summed E-state index contributed by atoms with van der Waals surface area (Å²) in [6, 6.07) is 0. The van der Waals surface area contributed by atoms with Crippen LogP contribution in [0.25, 0.3) is 0 Å². The molecule has 0 amide bonds. The Morgan fingerprint density at radius 2 is 1.77 bits per heavy atom. The van der Waals surface area contributed by atoms with E-state index in [0.717, 1.165) is 6.42 Å². The summed E-state index contributed by atoms with van der Waals surface area (Å²) < 4.78 is 0. The van der Waals surface area contributed by atoms with E-state index in [2.05, 4.69) is 44.3 Å². The summed E-state index contributed by atoms with van der Waals surface area (Å²) in [4.78, 5) is 0. The summed E-state index contributed by atoms with van der Waals surface area (Å²) in [7, 11) is 0. The van der Waals surface area contributed by atoms with Gasteiger partial charge >= 0.3 is 21.7 Å². The van der Waals surface area contributed by atoms with Crippen molar-refractivity contribution in [2.75, 3.05) is 0 Å². The average molecular weight is 256 g/mol. The first kappa shape index (κ1) is 19.2. The Hall–Kier alpha value is 0.574. The van der Waals surface area contributed by atoms with Gasteiger partial charge in [-0.1, -0.05) is 12.2 Å². The van der Waals surface area contributed by atoms with Crippen molar-refractivity contribution in [3.05, 3.63) is 23.9 Å². The van der Waals surface area contributed by atoms with Crippen LogP contribution in [0.5, 0.6) is 0 Å². The number of halogens is 2. The first-order valence-corrected chi connectivity index (χ1v) is 3.72. The van der Waals surface area contributed by atoms with Crippen LogP contribution >= 0.6 is 0 Å². The molecule has 1 aliphatic rings. The van der Waals surface area contributed by atoms with Gasteiger partial charge in [0.2, 0.25) is 0 Å². The van der Waals surface area contributed by atoms with Crippen LogP contribution in [0.4, 0.5) is 0 Å². The average Bonchev–Trinajstić information content (AvgIpc) is 2.12. The molecule has 0 aliphatic heterocycles. The van der Waals surface area contributed by atoms with E-state index in [1.54, 1.807) is 0 Å². The van der Waals surface area contributed by atoms with Crippen molar-refractivity contribution in [2.24, 2.45) is 0 Å². The molecule has 1 aliphatic carbocycles. The molecule has 0 radical (unpaired) electrons. The second-order valence-corrected chi connectivity index (χ2v) is 3.70. The Kier molecular flexibility index (Phi) is 11.7. The van der Waals surface area contributed by atoms with E-state index in [9.17, 15) is 0 Å². The molecule has 0 saturated heterocycles. The van der Waals surface area contributed by atoms with Gasteiger partial charge in [0.1, 0.15) is 0 Å². The predicted octanol–water partition coefficient (Wildman–Crippen LogP) is -3.78. The zero-order valence-electron chi connectivity index (χ0n) is 8.20. The summed E-state index contributed by atoms with van der Waals surface area (Å²) >= 11 is 0. The molecule has 13 heavy (non-hydrogen) atoms. The van der Waals surface area contributed by atoms with Crippen molar-refractivity contribution < 1.29 is 46.5 Å². The predicted molar refractivity (Wildman–Crippen MR) is 44.7 cm³/mol. The van der Waals surface area contributed by atoms with E-state index in [1.807, 2.05) is 0 Å². The van der Waals surface area contributed by atoms with E-state index >= 15 is 0 Å². The van der Waals surface area contributed by atoms with Crippen molar-refractivity contribution in [2.45, 2.75) is 32.7 Å². The van der Waals surface area contributed by atoms with Crippen LogP contribution in [0.2, 0.25) is 0 Å². The molecule has 1 N–H and O–H groups in total. The van der Waals surface area contributed by atoms with Gasteiger partial charge in [-0.3, -0.25) is 0 Å². The topological polar surface area (TPSA) is 12.0 Å². The molecule has 0 aromatic carbocycles. The van der Waals surface area contributed by atoms with E-state index in [-0.39, 0.29) is 52.1 Å². The number of allylic oxidation sites excluding steroid dienone is 3. The van der Waals surface area contributed by atoms with Crippen LogP contribution in [0, 0.1) is 0 Å². The fraction of sp³-hybridized carbons (Fsp3) is 0.556. The van der Waals surface area contributed by atoms with Gasteiger partial charge in [0, 0.05) is 17.7 Å². The Morgan fingerprint density at radius 3 is 2.08 bits per heavy atom. The molecule has 0 atom stereocenters. The van der Waals surface area contributed by atoms with Gasteiger partial charge in [0.25, 0.3) is 0 Å². The fourth-order valence-corrected chi connectivity index (χ4v) is 1.02. The van der Waals surface area contributed by atoms with Crippen molar-refractivity contribution in [3.63, 3.8) is 0 Å². The minimum atomic E-state index is 0. The van der Waals surface area contributed by atoms with Gasteiger partial charge in [0.15, 0.2) is 0 Å². The number of hydrogen-bond donors (Lipinski definition) is 1. The zero-order valence-corrected chi connectivity index (χ0v) is 11.3. The molecule has 0 fully saturated rings. The molecule has 1 rings (SSSR count). The minimum Gasteiger partial charge on any atom is -1.00 e. The molecular formula is C9H15Cl2NTi. The third-order valence-corrected chi connectivity index (χ3v) is 1.31. The van der Waals surface area contributed by atoms with Crippen molar-refractivity contribution in [1.29, 1.82) is 0 Å². The monoisotopic (exact) mass is 255 g/mol. The smallest absolute Gasteiger partial charge is 1.00 e. The third-order valence-electron chi connectivity index (χ3n) is 1.31. The van der Waals surface area contributed by atoms with Gasteiger partial charge in [0.05, 0.1) is 0 Å². The molecule has 74 valence electrons. The van der Waals surface area contributed by atoms with Crippen LogP contribution in [-0.2, 0) is 21.7 Å². The standard InChI is InChI=1S/C9H15N.2ClH.Ti/c1-9(2,3)10-8-6-4-5-7-8;;;/h4-6,10H,7H2,1-3H3;2*1H;/q;;;+2/p-2. The van der Waals surface area contributed by atoms with Crippen molar-refractivity contribution in [3.8, 4) is 0 Å². The van der Waals surface area contributed by atoms with E-state index in [4.69, 9.17) is 0 Å². The summed E-state index contributed by atoms with van der Waals surface area (Å²) in [5.74, 6) is 0. The first-order chi connectivity index (χ1) is 4.58. The molecular weight excluding hydrogens is 241 g/mol. The molecule has 4 heteroatoms. The maximum absolute atomic E-state index is 3.42. The number of nitrogens with one attached hydrogen (secondary N) is 1. The fourth-order valence-electron chi connectivity index (χ4n) is 1.02. The maximum Gasteiger partial charge on any atom is 2.00 e. The van der Waals surface area contributed by atoms with Gasteiger partial charge in [-0.15, -0.1) is 0 Å². The van der Waals surface area contributed by atoms with E-state index < -0.39 is 0 Å². The van der Waals surface area contributed by atoms with E-state index in [0.29, 0.717) is 0 Å². The van der Waals surface area contributed by atoms with Gasteiger partial charge in [-0.2, -0.15) is 0 Å². The summed E-state index contributed by atoms with van der Waals surface area (Å²) in [6.45, 7) is 6.52. The molecule has 0 unspecified atom stereocenters. The van der Waals surface area contributed by atoms with Gasteiger partial charge < -0.3 is 30.1 Å². The molecule has 0 bridgehead atoms. The Balaban J connectivity index is -0.000000333. The molecule has 0 saturated carbocycles. The molecule has 1 nitrogen and oxygen atoms in total. The van der Waals surface area contributed by atoms with Crippen LogP contribution < -0.4 is 30.1 Å². The van der Waals surface area contributed by atoms with Crippen LogP contribution in [-0.4, -0.2) is 5.54 Å². The molecule has 0 aromatic rings. The van der Waals surface area contributed by atoms with Gasteiger partial charge in [-0.05, 0) is 26.8 Å². The Bertz CT molecular complexity index is 183. The Labute approximate surface area is 108 Å². The number of hydrogen-bond acceptors (Lipinski definition) is 1. The normalized spacial score (nSPS) is 13.3. The van der Waals surface area contributed by atoms with Crippen molar-refractivity contribution in [1.82, 2.24) is 5.32 Å². The molecule has 0 spiro atoms. The molecule has 0 heterocycles. The maximum atomic E-state index is 3.42. The summed E-state index contributed by atoms with van der Waals surface area (Å²) in [6.07, 6.45) is 7.45. The first-order valence-electron chi connectivity index (χ1n) is 3.72. The molecule has 0 aromatic heterocycles. The van der Waals surface area contributed by atoms with Crippen molar-refractivity contribution >= 4 is 0 Å². The second kappa shape index (κ2) is 7.93. The zero-order chi connectivity index (χ0) is 7.61. The van der Waals surface area contributed by atoms with Crippen LogP contribution in [0.15, 0.2) is 23.9 Å². The van der Waals surface area contributed by atoms with Crippen LogP contribution in [0.3, 0.4) is 0 Å². The largest absolute Gasteiger partial charge is 2.00 e.